The molecule has 0 aliphatic heterocycles. The minimum Gasteiger partial charge on any atom is -0.387 e. The average Bonchev–Trinajstić information content (AvgIpc) is 2.02. The molecule has 74 valence electrons. The average molecular weight is 174 g/mol. The molecule has 0 unspecified atom stereocenters. The summed E-state index contributed by atoms with van der Waals surface area (Å²) in [6, 6.07) is 0. The van der Waals surface area contributed by atoms with Crippen LogP contribution in [0.5, 0.6) is 0 Å². The van der Waals surface area contributed by atoms with Gasteiger partial charge >= 0.3 is 0 Å². The fourth-order valence-corrected chi connectivity index (χ4v) is 1.50. The Bertz CT molecular complexity index is 132. The molecule has 0 fully saturated rings. The minimum absolute atomic E-state index is 0.0717. The smallest absolute Gasteiger partial charge is 0.0927 e. The van der Waals surface area contributed by atoms with Crippen molar-refractivity contribution in [2.75, 3.05) is 0 Å². The third-order valence-electron chi connectivity index (χ3n) is 3.24. The zero-order valence-corrected chi connectivity index (χ0v) is 8.89. The molecule has 2 N–H and O–H groups in total. The quantitative estimate of drug-likeness (QED) is 0.684. The van der Waals surface area contributed by atoms with Crippen molar-refractivity contribution < 1.29 is 10.2 Å². The van der Waals surface area contributed by atoms with Gasteiger partial charge in [-0.1, -0.05) is 27.7 Å². The monoisotopic (exact) mass is 174 g/mol. The maximum absolute atomic E-state index is 10.1. The van der Waals surface area contributed by atoms with E-state index >= 15 is 0 Å². The van der Waals surface area contributed by atoms with E-state index in [4.69, 9.17) is 0 Å². The van der Waals surface area contributed by atoms with Crippen LogP contribution in [0.25, 0.3) is 0 Å². The number of rotatable bonds is 4. The van der Waals surface area contributed by atoms with E-state index in [1.54, 1.807) is 6.92 Å². The molecule has 0 aromatic carbocycles. The molecule has 0 spiro atoms. The van der Waals surface area contributed by atoms with E-state index < -0.39 is 11.2 Å². The van der Waals surface area contributed by atoms with E-state index in [0.29, 0.717) is 12.8 Å². The van der Waals surface area contributed by atoms with Crippen LogP contribution in [0.4, 0.5) is 0 Å². The summed E-state index contributed by atoms with van der Waals surface area (Å²) in [5, 5.41) is 20.1. The first-order valence-electron chi connectivity index (χ1n) is 4.76. The van der Waals surface area contributed by atoms with E-state index in [2.05, 4.69) is 0 Å². The summed E-state index contributed by atoms with van der Waals surface area (Å²) < 4.78 is 0. The van der Waals surface area contributed by atoms with Gasteiger partial charge in [-0.3, -0.25) is 0 Å². The Balaban J connectivity index is 4.70. The summed E-state index contributed by atoms with van der Waals surface area (Å²) in [7, 11) is 0. The Labute approximate surface area is 75.6 Å². The molecule has 0 radical (unpaired) electrons. The van der Waals surface area contributed by atoms with Crippen molar-refractivity contribution in [2.24, 2.45) is 5.92 Å². The maximum atomic E-state index is 10.1. The Morgan fingerprint density at radius 1 is 1.08 bits per heavy atom. The number of hydrogen-bond acceptors (Lipinski definition) is 2. The first-order valence-corrected chi connectivity index (χ1v) is 4.76. The van der Waals surface area contributed by atoms with Crippen LogP contribution < -0.4 is 0 Å². The van der Waals surface area contributed by atoms with Crippen LogP contribution in [0.15, 0.2) is 0 Å². The topological polar surface area (TPSA) is 40.5 Å². The van der Waals surface area contributed by atoms with Crippen molar-refractivity contribution in [3.63, 3.8) is 0 Å². The van der Waals surface area contributed by atoms with Crippen LogP contribution in [0, 0.1) is 5.92 Å². The second kappa shape index (κ2) is 3.75. The van der Waals surface area contributed by atoms with Crippen LogP contribution in [0.3, 0.4) is 0 Å². The van der Waals surface area contributed by atoms with Gasteiger partial charge in [0.05, 0.1) is 11.2 Å². The zero-order chi connectivity index (χ0) is 9.99. The SMILES string of the molecule is CCC(O)(CC)[C@](C)(O)C(C)C. The molecule has 2 nitrogen and oxygen atoms in total. The molecule has 12 heavy (non-hydrogen) atoms. The van der Waals surface area contributed by atoms with Crippen LogP contribution in [-0.2, 0) is 0 Å². The largest absolute Gasteiger partial charge is 0.387 e. The van der Waals surface area contributed by atoms with Crippen LogP contribution in [0.2, 0.25) is 0 Å². The molecule has 0 aliphatic carbocycles. The highest BCUT2D eigenvalue weighted by atomic mass is 16.4. The van der Waals surface area contributed by atoms with Gasteiger partial charge in [-0.25, -0.2) is 0 Å². The van der Waals surface area contributed by atoms with E-state index in [1.165, 1.54) is 0 Å². The molecular weight excluding hydrogens is 152 g/mol. The van der Waals surface area contributed by atoms with Gasteiger partial charge in [0.15, 0.2) is 0 Å². The molecule has 0 aromatic heterocycles. The fraction of sp³-hybridized carbons (Fsp3) is 1.00. The molecule has 2 heteroatoms. The third kappa shape index (κ3) is 1.80. The second-order valence-corrected chi connectivity index (χ2v) is 4.04. The summed E-state index contributed by atoms with van der Waals surface area (Å²) in [4.78, 5) is 0. The van der Waals surface area contributed by atoms with Gasteiger partial charge in [-0.2, -0.15) is 0 Å². The van der Waals surface area contributed by atoms with Gasteiger partial charge in [0.25, 0.3) is 0 Å². The van der Waals surface area contributed by atoms with Crippen molar-refractivity contribution in [2.45, 2.75) is 58.7 Å². The van der Waals surface area contributed by atoms with Crippen molar-refractivity contribution in [1.29, 1.82) is 0 Å². The Hall–Kier alpha value is -0.0800. The molecule has 0 bridgehead atoms. The van der Waals surface area contributed by atoms with Gasteiger partial charge in [0.2, 0.25) is 0 Å². The lowest BCUT2D eigenvalue weighted by molar-refractivity contribution is -0.168. The molecule has 1 atom stereocenters. The van der Waals surface area contributed by atoms with E-state index in [0.717, 1.165) is 0 Å². The summed E-state index contributed by atoms with van der Waals surface area (Å²) in [6.07, 6.45) is 1.18. The maximum Gasteiger partial charge on any atom is 0.0927 e. The molecular formula is C10H22O2. The number of aliphatic hydroxyl groups is 2. The van der Waals surface area contributed by atoms with Gasteiger partial charge in [0, 0.05) is 0 Å². The summed E-state index contributed by atoms with van der Waals surface area (Å²) >= 11 is 0. The molecule has 0 amide bonds. The Kier molecular flexibility index (Phi) is 3.73. The van der Waals surface area contributed by atoms with Crippen LogP contribution in [-0.4, -0.2) is 21.4 Å². The van der Waals surface area contributed by atoms with Crippen molar-refractivity contribution in [3.05, 3.63) is 0 Å². The third-order valence-corrected chi connectivity index (χ3v) is 3.24. The highest BCUT2D eigenvalue weighted by Gasteiger charge is 2.44. The fourth-order valence-electron chi connectivity index (χ4n) is 1.50. The summed E-state index contributed by atoms with van der Waals surface area (Å²) in [5.74, 6) is 0.0717. The summed E-state index contributed by atoms with van der Waals surface area (Å²) in [6.45, 7) is 9.37. The van der Waals surface area contributed by atoms with Crippen molar-refractivity contribution in [3.8, 4) is 0 Å². The highest BCUT2D eigenvalue weighted by molar-refractivity contribution is 4.96. The minimum atomic E-state index is -0.990. The lowest BCUT2D eigenvalue weighted by Gasteiger charge is -2.43. The van der Waals surface area contributed by atoms with Crippen molar-refractivity contribution in [1.82, 2.24) is 0 Å². The molecule has 0 rings (SSSR count). The second-order valence-electron chi connectivity index (χ2n) is 4.04. The molecule has 0 aromatic rings. The van der Waals surface area contributed by atoms with E-state index in [9.17, 15) is 10.2 Å². The Morgan fingerprint density at radius 2 is 1.42 bits per heavy atom. The predicted octanol–water partition coefficient (Wildman–Crippen LogP) is 1.94. The predicted molar refractivity (Wildman–Crippen MR) is 51.0 cm³/mol. The zero-order valence-electron chi connectivity index (χ0n) is 8.89. The summed E-state index contributed by atoms with van der Waals surface area (Å²) in [5.41, 5.74) is -1.93. The Morgan fingerprint density at radius 3 is 1.50 bits per heavy atom. The first kappa shape index (κ1) is 11.9. The van der Waals surface area contributed by atoms with Gasteiger partial charge in [0.1, 0.15) is 0 Å². The first-order chi connectivity index (χ1) is 5.31. The van der Waals surface area contributed by atoms with Gasteiger partial charge < -0.3 is 10.2 Å². The van der Waals surface area contributed by atoms with Crippen molar-refractivity contribution >= 4 is 0 Å². The highest BCUT2D eigenvalue weighted by Crippen LogP contribution is 2.34. The van der Waals surface area contributed by atoms with Crippen LogP contribution >= 0.6 is 0 Å². The standard InChI is InChI=1S/C10H22O2/c1-6-10(12,7-2)9(5,11)8(3)4/h8,11-12H,6-7H2,1-5H3/t9-/m1/s1. The molecule has 0 heterocycles. The molecule has 0 saturated carbocycles. The molecule has 0 saturated heterocycles. The van der Waals surface area contributed by atoms with Crippen LogP contribution in [0.1, 0.15) is 47.5 Å². The van der Waals surface area contributed by atoms with Gasteiger partial charge in [-0.05, 0) is 25.7 Å². The number of hydrogen-bond donors (Lipinski definition) is 2. The van der Waals surface area contributed by atoms with E-state index in [-0.39, 0.29) is 5.92 Å². The lowest BCUT2D eigenvalue weighted by atomic mass is 9.73. The lowest BCUT2D eigenvalue weighted by Crippen LogP contribution is -2.54. The normalized spacial score (nSPS) is 18.0. The molecule has 0 aliphatic rings. The van der Waals surface area contributed by atoms with Gasteiger partial charge in [-0.15, -0.1) is 0 Å². The van der Waals surface area contributed by atoms with E-state index in [1.807, 2.05) is 27.7 Å².